The maximum Gasteiger partial charge on any atom is 0.0782 e. The summed E-state index contributed by atoms with van der Waals surface area (Å²) in [6, 6.07) is 0. The Bertz CT molecular complexity index is 163. The van der Waals surface area contributed by atoms with E-state index in [-0.39, 0.29) is 5.60 Å². The van der Waals surface area contributed by atoms with E-state index in [4.69, 9.17) is 9.47 Å². The molecule has 0 aliphatic heterocycles. The van der Waals surface area contributed by atoms with Gasteiger partial charge in [-0.25, -0.2) is 0 Å². The van der Waals surface area contributed by atoms with Gasteiger partial charge in [0.2, 0.25) is 0 Å². The van der Waals surface area contributed by atoms with Gasteiger partial charge in [-0.05, 0) is 18.8 Å². The van der Waals surface area contributed by atoms with Crippen LogP contribution in [0.2, 0.25) is 0 Å². The van der Waals surface area contributed by atoms with Gasteiger partial charge < -0.3 is 9.47 Å². The normalized spacial score (nSPS) is 33.2. The van der Waals surface area contributed by atoms with E-state index in [0.29, 0.717) is 6.61 Å². The number of ether oxygens (including phenoxy) is 2. The van der Waals surface area contributed by atoms with E-state index in [0.717, 1.165) is 17.9 Å². The van der Waals surface area contributed by atoms with Crippen LogP contribution in [0.25, 0.3) is 0 Å². The van der Waals surface area contributed by atoms with Gasteiger partial charge in [0.1, 0.15) is 0 Å². The van der Waals surface area contributed by atoms with Gasteiger partial charge in [-0.3, -0.25) is 0 Å². The van der Waals surface area contributed by atoms with Crippen molar-refractivity contribution < 1.29 is 9.47 Å². The highest BCUT2D eigenvalue weighted by Gasteiger charge is 2.34. The third kappa shape index (κ3) is 3.52. The van der Waals surface area contributed by atoms with Gasteiger partial charge in [-0.15, -0.1) is 0 Å². The Morgan fingerprint density at radius 1 is 1.43 bits per heavy atom. The fraction of sp³-hybridized carbons (Fsp3) is 1.00. The smallest absolute Gasteiger partial charge is 0.0782 e. The average molecular weight is 265 g/mol. The number of hydrogen-bond acceptors (Lipinski definition) is 2. The van der Waals surface area contributed by atoms with Gasteiger partial charge in [-0.1, -0.05) is 35.7 Å². The lowest BCUT2D eigenvalue weighted by Crippen LogP contribution is -2.40. The molecule has 14 heavy (non-hydrogen) atoms. The number of halogens is 1. The second-order valence-corrected chi connectivity index (χ2v) is 4.92. The van der Waals surface area contributed by atoms with Crippen LogP contribution in [-0.4, -0.2) is 31.3 Å². The zero-order valence-electron chi connectivity index (χ0n) is 9.22. The molecule has 0 saturated heterocycles. The second-order valence-electron chi connectivity index (χ2n) is 4.36. The van der Waals surface area contributed by atoms with Crippen LogP contribution < -0.4 is 0 Å². The minimum absolute atomic E-state index is 0.0796. The molecular weight excluding hydrogens is 244 g/mol. The zero-order valence-corrected chi connectivity index (χ0v) is 10.8. The summed E-state index contributed by atoms with van der Waals surface area (Å²) in [5.41, 5.74) is 0.0796. The average Bonchev–Trinajstić information content (AvgIpc) is 2.18. The van der Waals surface area contributed by atoms with Gasteiger partial charge in [0.15, 0.2) is 0 Å². The number of methoxy groups -OCH3 is 1. The summed E-state index contributed by atoms with van der Waals surface area (Å²) in [5, 5.41) is 0.952. The molecule has 1 saturated carbocycles. The van der Waals surface area contributed by atoms with Crippen molar-refractivity contribution in [1.82, 2.24) is 0 Å². The van der Waals surface area contributed by atoms with E-state index < -0.39 is 0 Å². The first kappa shape index (κ1) is 12.5. The Labute approximate surface area is 95.5 Å². The van der Waals surface area contributed by atoms with Crippen molar-refractivity contribution in [3.05, 3.63) is 0 Å². The molecule has 0 radical (unpaired) electrons. The number of hydrogen-bond donors (Lipinski definition) is 0. The van der Waals surface area contributed by atoms with E-state index in [2.05, 4.69) is 22.9 Å². The third-order valence-electron chi connectivity index (χ3n) is 2.99. The van der Waals surface area contributed by atoms with Crippen molar-refractivity contribution in [2.45, 2.75) is 38.2 Å². The highest BCUT2D eigenvalue weighted by Crippen LogP contribution is 2.36. The summed E-state index contributed by atoms with van der Waals surface area (Å²) in [4.78, 5) is 0. The highest BCUT2D eigenvalue weighted by molar-refractivity contribution is 9.09. The molecule has 0 aromatic heterocycles. The monoisotopic (exact) mass is 264 g/mol. The van der Waals surface area contributed by atoms with E-state index in [9.17, 15) is 0 Å². The van der Waals surface area contributed by atoms with Crippen LogP contribution in [0, 0.1) is 5.92 Å². The van der Waals surface area contributed by atoms with Crippen molar-refractivity contribution >= 4 is 15.9 Å². The van der Waals surface area contributed by atoms with E-state index >= 15 is 0 Å². The SMILES string of the molecule is COCCOC1(CBr)CCCC(C)C1. The maximum absolute atomic E-state index is 5.96. The molecule has 0 aromatic carbocycles. The summed E-state index contributed by atoms with van der Waals surface area (Å²) < 4.78 is 11.0. The van der Waals surface area contributed by atoms with Crippen molar-refractivity contribution in [3.63, 3.8) is 0 Å². The van der Waals surface area contributed by atoms with Crippen LogP contribution in [0.1, 0.15) is 32.6 Å². The summed E-state index contributed by atoms with van der Waals surface area (Å²) in [6.07, 6.45) is 5.01. The summed E-state index contributed by atoms with van der Waals surface area (Å²) in [6.45, 7) is 3.73. The van der Waals surface area contributed by atoms with Crippen molar-refractivity contribution in [2.75, 3.05) is 25.7 Å². The fourth-order valence-electron chi connectivity index (χ4n) is 2.24. The van der Waals surface area contributed by atoms with Crippen LogP contribution in [-0.2, 0) is 9.47 Å². The Kier molecular flexibility index (Phi) is 5.42. The lowest BCUT2D eigenvalue weighted by molar-refractivity contribution is -0.0771. The molecule has 2 nitrogen and oxygen atoms in total. The molecule has 0 N–H and O–H groups in total. The fourth-order valence-corrected chi connectivity index (χ4v) is 2.92. The van der Waals surface area contributed by atoms with Crippen molar-refractivity contribution in [3.8, 4) is 0 Å². The van der Waals surface area contributed by atoms with Gasteiger partial charge >= 0.3 is 0 Å². The first-order chi connectivity index (χ1) is 6.72. The van der Waals surface area contributed by atoms with Crippen molar-refractivity contribution in [2.24, 2.45) is 5.92 Å². The van der Waals surface area contributed by atoms with E-state index in [1.165, 1.54) is 25.7 Å². The molecule has 1 aliphatic carbocycles. The molecule has 2 unspecified atom stereocenters. The van der Waals surface area contributed by atoms with Crippen LogP contribution >= 0.6 is 15.9 Å². The molecule has 2 atom stereocenters. The predicted octanol–water partition coefficient (Wildman–Crippen LogP) is 2.99. The molecule has 3 heteroatoms. The van der Waals surface area contributed by atoms with Gasteiger partial charge in [0.25, 0.3) is 0 Å². The molecule has 0 spiro atoms. The number of alkyl halides is 1. The quantitative estimate of drug-likeness (QED) is 0.562. The van der Waals surface area contributed by atoms with Crippen LogP contribution in [0.4, 0.5) is 0 Å². The first-order valence-electron chi connectivity index (χ1n) is 5.41. The Morgan fingerprint density at radius 2 is 2.21 bits per heavy atom. The summed E-state index contributed by atoms with van der Waals surface area (Å²) >= 11 is 3.58. The maximum atomic E-state index is 5.96. The molecule has 1 aliphatic rings. The van der Waals surface area contributed by atoms with Crippen molar-refractivity contribution in [1.29, 1.82) is 0 Å². The molecule has 0 aromatic rings. The predicted molar refractivity (Wildman–Crippen MR) is 62.0 cm³/mol. The Hall–Kier alpha value is 0.400. The standard InChI is InChI=1S/C11H21BrO2/c1-10-4-3-5-11(8-10,9-12)14-7-6-13-2/h10H,3-9H2,1-2H3. The molecule has 0 bridgehead atoms. The highest BCUT2D eigenvalue weighted by atomic mass is 79.9. The van der Waals surface area contributed by atoms with Crippen LogP contribution in [0.3, 0.4) is 0 Å². The third-order valence-corrected chi connectivity index (χ3v) is 4.01. The largest absolute Gasteiger partial charge is 0.382 e. The lowest BCUT2D eigenvalue weighted by atomic mass is 9.80. The summed E-state index contributed by atoms with van der Waals surface area (Å²) in [7, 11) is 1.72. The molecular formula is C11H21BrO2. The molecule has 84 valence electrons. The van der Waals surface area contributed by atoms with Gasteiger partial charge in [0.05, 0.1) is 18.8 Å². The molecule has 1 rings (SSSR count). The first-order valence-corrected chi connectivity index (χ1v) is 6.53. The van der Waals surface area contributed by atoms with Crippen LogP contribution in [0.15, 0.2) is 0 Å². The zero-order chi connectivity index (χ0) is 10.4. The van der Waals surface area contributed by atoms with Crippen LogP contribution in [0.5, 0.6) is 0 Å². The van der Waals surface area contributed by atoms with Gasteiger partial charge in [0, 0.05) is 12.4 Å². The Balaban J connectivity index is 2.39. The second kappa shape index (κ2) is 6.09. The van der Waals surface area contributed by atoms with E-state index in [1.807, 2.05) is 0 Å². The molecule has 1 fully saturated rings. The minimum Gasteiger partial charge on any atom is -0.382 e. The topological polar surface area (TPSA) is 18.5 Å². The number of rotatable bonds is 5. The van der Waals surface area contributed by atoms with Gasteiger partial charge in [-0.2, -0.15) is 0 Å². The minimum atomic E-state index is 0.0796. The molecule has 0 heterocycles. The Morgan fingerprint density at radius 3 is 2.79 bits per heavy atom. The lowest BCUT2D eigenvalue weighted by Gasteiger charge is -2.38. The van der Waals surface area contributed by atoms with E-state index in [1.54, 1.807) is 7.11 Å². The molecule has 0 amide bonds. The summed E-state index contributed by atoms with van der Waals surface area (Å²) in [5.74, 6) is 0.795.